The number of hydrogen-bond acceptors (Lipinski definition) is 5. The van der Waals surface area contributed by atoms with Crippen molar-refractivity contribution in [3.8, 4) is 28.4 Å². The summed E-state index contributed by atoms with van der Waals surface area (Å²) in [5, 5.41) is 14.1. The second-order valence-corrected chi connectivity index (χ2v) is 10.2. The van der Waals surface area contributed by atoms with Crippen molar-refractivity contribution in [2.24, 2.45) is 0 Å². The van der Waals surface area contributed by atoms with Crippen LogP contribution in [0, 0.1) is 5.82 Å². The number of phenolic OH excluding ortho intramolecular Hbond substituents is 1. The van der Waals surface area contributed by atoms with Gasteiger partial charge in [0.15, 0.2) is 11.5 Å². The predicted molar refractivity (Wildman–Crippen MR) is 149 cm³/mol. The summed E-state index contributed by atoms with van der Waals surface area (Å²) >= 11 is 0. The lowest BCUT2D eigenvalue weighted by molar-refractivity contribution is 0.0801. The molecular weight excluding hydrogens is 483 g/mol. The minimum Gasteiger partial charge on any atom is -0.504 e. The SMILES string of the molecule is CCN(C)C(=O)c1cc(F)ccc1C=C1Oc2ccc(O)c(OC)c2-c2ccc3c(c21)C(C)=CC(C)(C)N3. The normalized spacial score (nSPS) is 15.9. The van der Waals surface area contributed by atoms with Crippen molar-refractivity contribution in [2.45, 2.75) is 33.2 Å². The summed E-state index contributed by atoms with van der Waals surface area (Å²) in [7, 11) is 3.19. The Balaban J connectivity index is 1.81. The van der Waals surface area contributed by atoms with Gasteiger partial charge in [-0.3, -0.25) is 4.79 Å². The molecule has 2 heterocycles. The number of benzene rings is 3. The van der Waals surface area contributed by atoms with Gasteiger partial charge in [0.2, 0.25) is 0 Å². The molecule has 38 heavy (non-hydrogen) atoms. The average molecular weight is 515 g/mol. The van der Waals surface area contributed by atoms with E-state index in [4.69, 9.17) is 9.47 Å². The monoisotopic (exact) mass is 514 g/mol. The molecule has 2 aliphatic heterocycles. The summed E-state index contributed by atoms with van der Waals surface area (Å²) in [6.07, 6.45) is 3.94. The summed E-state index contributed by atoms with van der Waals surface area (Å²) in [6.45, 7) is 8.61. The van der Waals surface area contributed by atoms with Gasteiger partial charge in [-0.25, -0.2) is 4.39 Å². The van der Waals surface area contributed by atoms with Gasteiger partial charge in [-0.05, 0) is 75.2 Å². The highest BCUT2D eigenvalue weighted by molar-refractivity contribution is 6.04. The Bertz CT molecular complexity index is 1540. The van der Waals surface area contributed by atoms with Gasteiger partial charge < -0.3 is 24.8 Å². The molecule has 0 spiro atoms. The third kappa shape index (κ3) is 4.18. The minimum atomic E-state index is -0.488. The van der Waals surface area contributed by atoms with Crippen LogP contribution in [0.15, 0.2) is 48.5 Å². The molecule has 2 N–H and O–H groups in total. The Morgan fingerprint density at radius 2 is 1.92 bits per heavy atom. The number of anilines is 1. The largest absolute Gasteiger partial charge is 0.504 e. The van der Waals surface area contributed by atoms with E-state index in [1.165, 1.54) is 30.2 Å². The summed E-state index contributed by atoms with van der Waals surface area (Å²) in [4.78, 5) is 14.7. The number of nitrogens with one attached hydrogen (secondary N) is 1. The van der Waals surface area contributed by atoms with Crippen LogP contribution in [-0.4, -0.2) is 42.2 Å². The van der Waals surface area contributed by atoms with E-state index < -0.39 is 5.82 Å². The molecule has 0 saturated carbocycles. The first-order chi connectivity index (χ1) is 18.0. The van der Waals surface area contributed by atoms with Crippen LogP contribution in [0.1, 0.15) is 54.7 Å². The Hall–Kier alpha value is -4.26. The number of aromatic hydroxyl groups is 1. The van der Waals surface area contributed by atoms with Crippen LogP contribution in [0.4, 0.5) is 10.1 Å². The summed E-state index contributed by atoms with van der Waals surface area (Å²) in [5.41, 5.74) is 5.73. The van der Waals surface area contributed by atoms with Crippen molar-refractivity contribution < 1.29 is 23.8 Å². The number of allylic oxidation sites excluding steroid dienone is 1. The van der Waals surface area contributed by atoms with Crippen molar-refractivity contribution in [1.29, 1.82) is 0 Å². The molecule has 0 saturated heterocycles. The van der Waals surface area contributed by atoms with Crippen molar-refractivity contribution in [3.63, 3.8) is 0 Å². The first-order valence-electron chi connectivity index (χ1n) is 12.5. The number of carbonyl (C=O) groups is 1. The lowest BCUT2D eigenvalue weighted by atomic mass is 9.82. The maximum Gasteiger partial charge on any atom is 0.254 e. The van der Waals surface area contributed by atoms with E-state index in [-0.39, 0.29) is 22.8 Å². The molecule has 0 atom stereocenters. The van der Waals surface area contributed by atoms with E-state index in [9.17, 15) is 14.3 Å². The van der Waals surface area contributed by atoms with E-state index >= 15 is 0 Å². The Labute approximate surface area is 222 Å². The number of phenols is 1. The fourth-order valence-electron chi connectivity index (χ4n) is 5.28. The molecule has 0 unspecified atom stereocenters. The van der Waals surface area contributed by atoms with Gasteiger partial charge in [-0.1, -0.05) is 18.2 Å². The number of rotatable bonds is 4. The third-order valence-electron chi connectivity index (χ3n) is 7.03. The van der Waals surface area contributed by atoms with Crippen LogP contribution >= 0.6 is 0 Å². The first kappa shape index (κ1) is 25.4. The molecule has 2 aliphatic rings. The summed E-state index contributed by atoms with van der Waals surface area (Å²) in [5.74, 6) is 0.563. The number of fused-ring (bicyclic) bond motifs is 5. The third-order valence-corrected chi connectivity index (χ3v) is 7.03. The highest BCUT2D eigenvalue weighted by Crippen LogP contribution is 2.54. The van der Waals surface area contributed by atoms with E-state index in [0.29, 0.717) is 34.9 Å². The summed E-state index contributed by atoms with van der Waals surface area (Å²) in [6, 6.07) is 11.4. The van der Waals surface area contributed by atoms with Crippen LogP contribution < -0.4 is 14.8 Å². The second kappa shape index (κ2) is 9.24. The van der Waals surface area contributed by atoms with Crippen LogP contribution in [0.3, 0.4) is 0 Å². The first-order valence-corrected chi connectivity index (χ1v) is 12.5. The number of halogens is 1. The number of ether oxygens (including phenoxy) is 2. The van der Waals surface area contributed by atoms with Crippen LogP contribution in [-0.2, 0) is 0 Å². The Morgan fingerprint density at radius 3 is 2.63 bits per heavy atom. The minimum absolute atomic E-state index is 0.00601. The maximum atomic E-state index is 14.3. The molecule has 3 aromatic rings. The standard InChI is InChI=1S/C31H31FN2O4/c1-7-34(5)30(36)21-15-19(32)9-8-18(21)14-25-27-20(28-24(38-25)13-12-23(35)29(28)37-6)10-11-22-26(27)17(2)16-31(3,4)33-22/h8-16,33,35H,7H2,1-6H3. The molecule has 7 heteroatoms. The van der Waals surface area contributed by atoms with Gasteiger partial charge in [0.25, 0.3) is 5.91 Å². The zero-order chi connectivity index (χ0) is 27.4. The quantitative estimate of drug-likeness (QED) is 0.401. The van der Waals surface area contributed by atoms with Crippen LogP contribution in [0.25, 0.3) is 28.5 Å². The summed E-state index contributed by atoms with van der Waals surface area (Å²) < 4.78 is 26.3. The van der Waals surface area contributed by atoms with Crippen LogP contribution in [0.2, 0.25) is 0 Å². The molecule has 0 aromatic heterocycles. The van der Waals surface area contributed by atoms with Gasteiger partial charge in [-0.15, -0.1) is 0 Å². The van der Waals surface area contributed by atoms with Crippen molar-refractivity contribution in [2.75, 3.05) is 26.0 Å². The molecule has 3 aromatic carbocycles. The Morgan fingerprint density at radius 1 is 1.16 bits per heavy atom. The van der Waals surface area contributed by atoms with Gasteiger partial charge in [0.1, 0.15) is 17.3 Å². The van der Waals surface area contributed by atoms with E-state index in [1.807, 2.05) is 19.1 Å². The van der Waals surface area contributed by atoms with Gasteiger partial charge in [0.05, 0.1) is 18.2 Å². The predicted octanol–water partition coefficient (Wildman–Crippen LogP) is 6.80. The average Bonchev–Trinajstić information content (AvgIpc) is 2.87. The number of nitrogens with zero attached hydrogens (tertiary/aromatic N) is 1. The topological polar surface area (TPSA) is 71.0 Å². The van der Waals surface area contributed by atoms with Crippen LogP contribution in [0.5, 0.6) is 17.2 Å². The molecule has 0 bridgehead atoms. The number of methoxy groups -OCH3 is 1. The van der Waals surface area contributed by atoms with Crippen molar-refractivity contribution in [1.82, 2.24) is 4.90 Å². The second-order valence-electron chi connectivity index (χ2n) is 10.2. The van der Waals surface area contributed by atoms with Crippen molar-refractivity contribution >= 4 is 29.0 Å². The molecule has 0 radical (unpaired) electrons. The Kier molecular flexibility index (Phi) is 6.18. The fourth-order valence-corrected chi connectivity index (χ4v) is 5.28. The van der Waals surface area contributed by atoms with E-state index in [1.54, 1.807) is 25.3 Å². The van der Waals surface area contributed by atoms with E-state index in [2.05, 4.69) is 32.2 Å². The smallest absolute Gasteiger partial charge is 0.254 e. The number of amides is 1. The maximum absolute atomic E-state index is 14.3. The van der Waals surface area contributed by atoms with Gasteiger partial charge in [-0.2, -0.15) is 0 Å². The lowest BCUT2D eigenvalue weighted by Gasteiger charge is -2.35. The molecular formula is C31H31FN2O4. The molecule has 196 valence electrons. The highest BCUT2D eigenvalue weighted by atomic mass is 19.1. The molecule has 0 fully saturated rings. The number of carbonyl (C=O) groups excluding carboxylic acids is 1. The fraction of sp³-hybridized carbons (Fsp3) is 0.258. The zero-order valence-corrected chi connectivity index (χ0v) is 22.4. The van der Waals surface area contributed by atoms with E-state index in [0.717, 1.165) is 28.0 Å². The molecule has 0 aliphatic carbocycles. The molecule has 1 amide bonds. The van der Waals surface area contributed by atoms with Crippen molar-refractivity contribution in [3.05, 3.63) is 76.6 Å². The lowest BCUT2D eigenvalue weighted by Crippen LogP contribution is -2.32. The zero-order valence-electron chi connectivity index (χ0n) is 22.4. The molecule has 5 rings (SSSR count). The van der Waals surface area contributed by atoms with Gasteiger partial charge in [0, 0.05) is 41.5 Å². The van der Waals surface area contributed by atoms with Gasteiger partial charge >= 0.3 is 0 Å². The highest BCUT2D eigenvalue weighted by Gasteiger charge is 2.33. The molecule has 6 nitrogen and oxygen atoms in total. The number of hydrogen-bond donors (Lipinski definition) is 2.